The zero-order valence-electron chi connectivity index (χ0n) is 25.3. The molecule has 0 unspecified atom stereocenters. The normalized spacial score (nSPS) is 13.7. The molecule has 1 aliphatic rings. The second kappa shape index (κ2) is 14.2. The first-order valence-corrected chi connectivity index (χ1v) is 15.5. The Hall–Kier alpha value is -4.70. The SMILES string of the molecule is CC(Cc1ccccc1)(c1ccc(O)cc1)c1ccc(O)cc1.Oc1ccc(C(c2ccc(O)cc2)C2CCCCC2)cc1. The van der Waals surface area contributed by atoms with Crippen LogP contribution in [0.4, 0.5) is 0 Å². The number of rotatable bonds is 7. The Morgan fingerprint density at radius 1 is 0.523 bits per heavy atom. The van der Waals surface area contributed by atoms with E-state index in [9.17, 15) is 20.4 Å². The van der Waals surface area contributed by atoms with Crippen LogP contribution >= 0.6 is 0 Å². The summed E-state index contributed by atoms with van der Waals surface area (Å²) in [6.07, 6.45) is 7.30. The molecule has 0 atom stereocenters. The number of benzene rings is 5. The van der Waals surface area contributed by atoms with E-state index in [0.717, 1.165) is 17.5 Å². The second-order valence-electron chi connectivity index (χ2n) is 12.1. The molecule has 6 rings (SSSR count). The molecule has 1 aliphatic carbocycles. The van der Waals surface area contributed by atoms with Crippen molar-refractivity contribution in [2.45, 2.75) is 56.8 Å². The lowest BCUT2D eigenvalue weighted by molar-refractivity contribution is 0.327. The highest BCUT2D eigenvalue weighted by molar-refractivity contribution is 5.44. The molecule has 0 aromatic heterocycles. The summed E-state index contributed by atoms with van der Waals surface area (Å²) in [4.78, 5) is 0. The van der Waals surface area contributed by atoms with Crippen LogP contribution in [-0.2, 0) is 11.8 Å². The van der Waals surface area contributed by atoms with Gasteiger partial charge in [-0.1, -0.05) is 105 Å². The molecule has 0 spiro atoms. The van der Waals surface area contributed by atoms with Gasteiger partial charge in [0.25, 0.3) is 0 Å². The molecule has 0 radical (unpaired) electrons. The van der Waals surface area contributed by atoms with E-state index >= 15 is 0 Å². The van der Waals surface area contributed by atoms with Crippen LogP contribution in [0.3, 0.4) is 0 Å². The smallest absolute Gasteiger partial charge is 0.115 e. The highest BCUT2D eigenvalue weighted by Gasteiger charge is 2.29. The molecule has 0 amide bonds. The minimum absolute atomic E-state index is 0.247. The minimum Gasteiger partial charge on any atom is -0.508 e. The first-order valence-electron chi connectivity index (χ1n) is 15.5. The van der Waals surface area contributed by atoms with Gasteiger partial charge in [-0.15, -0.1) is 0 Å². The maximum absolute atomic E-state index is 9.59. The maximum atomic E-state index is 9.59. The van der Waals surface area contributed by atoms with Gasteiger partial charge in [0.1, 0.15) is 23.0 Å². The van der Waals surface area contributed by atoms with Crippen molar-refractivity contribution >= 4 is 0 Å². The molecular formula is C40H42O4. The summed E-state index contributed by atoms with van der Waals surface area (Å²) in [5.41, 5.74) is 5.77. The Morgan fingerprint density at radius 2 is 0.909 bits per heavy atom. The lowest BCUT2D eigenvalue weighted by Gasteiger charge is -2.31. The van der Waals surface area contributed by atoms with Crippen LogP contribution in [0.5, 0.6) is 23.0 Å². The number of hydrogen-bond acceptors (Lipinski definition) is 4. The van der Waals surface area contributed by atoms with Gasteiger partial charge in [-0.05, 0) is 102 Å². The average molecular weight is 587 g/mol. The van der Waals surface area contributed by atoms with Crippen LogP contribution in [-0.4, -0.2) is 20.4 Å². The van der Waals surface area contributed by atoms with Crippen LogP contribution in [0.15, 0.2) is 127 Å². The first kappa shape index (κ1) is 30.7. The van der Waals surface area contributed by atoms with Crippen LogP contribution in [0.25, 0.3) is 0 Å². The first-order chi connectivity index (χ1) is 21.3. The van der Waals surface area contributed by atoms with E-state index in [2.05, 4.69) is 19.1 Å². The molecule has 4 heteroatoms. The Balaban J connectivity index is 0.000000175. The third-order valence-electron chi connectivity index (χ3n) is 9.04. The minimum atomic E-state index is -0.247. The maximum Gasteiger partial charge on any atom is 0.115 e. The standard InChI is InChI=1S/C21H20O2.C19H22O2/c1-21(15-16-5-3-2-4-6-16,17-7-11-19(22)12-8-17)18-9-13-20(23)14-10-18;20-17-10-6-15(7-11-17)19(14-4-2-1-3-5-14)16-8-12-18(21)13-9-16/h2-14,22-23H,15H2,1H3;6-14,19-21H,1-5H2. The topological polar surface area (TPSA) is 80.9 Å². The van der Waals surface area contributed by atoms with Gasteiger partial charge >= 0.3 is 0 Å². The Labute approximate surface area is 260 Å². The Bertz CT molecular complexity index is 1480. The van der Waals surface area contributed by atoms with Crippen LogP contribution in [0, 0.1) is 5.92 Å². The van der Waals surface area contributed by atoms with E-state index in [1.165, 1.54) is 48.8 Å². The van der Waals surface area contributed by atoms with Crippen molar-refractivity contribution in [1.82, 2.24) is 0 Å². The van der Waals surface area contributed by atoms with E-state index in [1.54, 1.807) is 48.5 Å². The molecule has 0 saturated heterocycles. The fourth-order valence-electron chi connectivity index (χ4n) is 6.60. The van der Waals surface area contributed by atoms with E-state index in [-0.39, 0.29) is 16.9 Å². The summed E-state index contributed by atoms with van der Waals surface area (Å²) in [6, 6.07) is 40.3. The van der Waals surface area contributed by atoms with Crippen LogP contribution in [0.2, 0.25) is 0 Å². The molecule has 0 aliphatic heterocycles. The lowest BCUT2D eigenvalue weighted by atomic mass is 9.72. The highest BCUT2D eigenvalue weighted by atomic mass is 16.3. The summed E-state index contributed by atoms with van der Waals surface area (Å²) in [5.74, 6) is 2.15. The summed E-state index contributed by atoms with van der Waals surface area (Å²) in [6.45, 7) is 2.19. The van der Waals surface area contributed by atoms with E-state index in [1.807, 2.05) is 66.7 Å². The van der Waals surface area contributed by atoms with Crippen molar-refractivity contribution < 1.29 is 20.4 Å². The molecule has 44 heavy (non-hydrogen) atoms. The molecule has 0 heterocycles. The predicted molar refractivity (Wildman–Crippen MR) is 177 cm³/mol. The van der Waals surface area contributed by atoms with Gasteiger partial charge in [-0.25, -0.2) is 0 Å². The zero-order chi connectivity index (χ0) is 30.9. The van der Waals surface area contributed by atoms with Crippen molar-refractivity contribution in [3.8, 4) is 23.0 Å². The summed E-state index contributed by atoms with van der Waals surface area (Å²) >= 11 is 0. The fraction of sp³-hybridized carbons (Fsp3) is 0.250. The lowest BCUT2D eigenvalue weighted by Crippen LogP contribution is -2.26. The van der Waals surface area contributed by atoms with Crippen LogP contribution < -0.4 is 0 Å². The van der Waals surface area contributed by atoms with E-state index < -0.39 is 0 Å². The largest absolute Gasteiger partial charge is 0.508 e. The molecule has 1 fully saturated rings. The number of aromatic hydroxyl groups is 4. The van der Waals surface area contributed by atoms with Crippen LogP contribution in [0.1, 0.15) is 72.8 Å². The summed E-state index contributed by atoms with van der Waals surface area (Å²) in [5, 5.41) is 38.2. The second-order valence-corrected chi connectivity index (χ2v) is 12.1. The van der Waals surface area contributed by atoms with Gasteiger partial charge in [0.05, 0.1) is 0 Å². The van der Waals surface area contributed by atoms with Gasteiger partial charge in [0, 0.05) is 11.3 Å². The summed E-state index contributed by atoms with van der Waals surface area (Å²) in [7, 11) is 0. The van der Waals surface area contributed by atoms with Gasteiger partial charge in [0.2, 0.25) is 0 Å². The number of phenols is 4. The third-order valence-corrected chi connectivity index (χ3v) is 9.04. The fourth-order valence-corrected chi connectivity index (χ4v) is 6.60. The van der Waals surface area contributed by atoms with E-state index in [0.29, 0.717) is 23.3 Å². The van der Waals surface area contributed by atoms with Crippen molar-refractivity contribution in [2.24, 2.45) is 5.92 Å². The molecule has 5 aromatic rings. The number of phenolic OH excluding ortho intramolecular Hbond substituents is 4. The monoisotopic (exact) mass is 586 g/mol. The average Bonchev–Trinajstić information content (AvgIpc) is 3.05. The number of hydrogen-bond donors (Lipinski definition) is 4. The summed E-state index contributed by atoms with van der Waals surface area (Å²) < 4.78 is 0. The molecule has 226 valence electrons. The van der Waals surface area contributed by atoms with Crippen molar-refractivity contribution in [1.29, 1.82) is 0 Å². The highest BCUT2D eigenvalue weighted by Crippen LogP contribution is 2.41. The van der Waals surface area contributed by atoms with Gasteiger partial charge in [-0.2, -0.15) is 0 Å². The molecule has 0 bridgehead atoms. The molecular weight excluding hydrogens is 544 g/mol. The van der Waals surface area contributed by atoms with Gasteiger partial charge < -0.3 is 20.4 Å². The Morgan fingerprint density at radius 3 is 1.32 bits per heavy atom. The zero-order valence-corrected chi connectivity index (χ0v) is 25.3. The van der Waals surface area contributed by atoms with Crippen molar-refractivity contribution in [3.63, 3.8) is 0 Å². The quantitative estimate of drug-likeness (QED) is 0.153. The Kier molecular flexibility index (Phi) is 9.91. The van der Waals surface area contributed by atoms with Gasteiger partial charge in [0.15, 0.2) is 0 Å². The molecule has 5 aromatic carbocycles. The molecule has 4 N–H and O–H groups in total. The molecule has 4 nitrogen and oxygen atoms in total. The van der Waals surface area contributed by atoms with E-state index in [4.69, 9.17) is 0 Å². The predicted octanol–water partition coefficient (Wildman–Crippen LogP) is 9.46. The van der Waals surface area contributed by atoms with Gasteiger partial charge in [-0.3, -0.25) is 0 Å². The van der Waals surface area contributed by atoms with Crippen molar-refractivity contribution in [2.75, 3.05) is 0 Å². The van der Waals surface area contributed by atoms with Crippen molar-refractivity contribution in [3.05, 3.63) is 155 Å². The molecule has 1 saturated carbocycles. The third kappa shape index (κ3) is 7.62.